The van der Waals surface area contributed by atoms with Gasteiger partial charge in [0.05, 0.1) is 0 Å². The summed E-state index contributed by atoms with van der Waals surface area (Å²) in [5.74, 6) is -0.212. The maximum absolute atomic E-state index is 13.2. The summed E-state index contributed by atoms with van der Waals surface area (Å²) < 4.78 is 13.2. The lowest BCUT2D eigenvalue weighted by Crippen LogP contribution is -2.50. The average Bonchev–Trinajstić information content (AvgIpc) is 2.30. The Labute approximate surface area is 102 Å². The molecule has 1 fully saturated rings. The lowest BCUT2D eigenvalue weighted by atomic mass is 10.1. The third-order valence-corrected chi connectivity index (χ3v) is 3.40. The number of rotatable bonds is 2. The number of piperazine rings is 1. The number of nitrogens with zero attached hydrogens (tertiary/aromatic N) is 2. The number of halogens is 1. The summed E-state index contributed by atoms with van der Waals surface area (Å²) in [7, 11) is 2.13. The van der Waals surface area contributed by atoms with Gasteiger partial charge in [0.25, 0.3) is 0 Å². The van der Waals surface area contributed by atoms with E-state index in [1.54, 1.807) is 6.07 Å². The van der Waals surface area contributed by atoms with Gasteiger partial charge in [0.1, 0.15) is 5.82 Å². The summed E-state index contributed by atoms with van der Waals surface area (Å²) in [4.78, 5) is 4.63. The lowest BCUT2D eigenvalue weighted by Gasteiger charge is -2.40. The van der Waals surface area contributed by atoms with Gasteiger partial charge >= 0.3 is 0 Å². The van der Waals surface area contributed by atoms with E-state index in [0.29, 0.717) is 12.6 Å². The summed E-state index contributed by atoms with van der Waals surface area (Å²) in [6.45, 7) is 5.61. The van der Waals surface area contributed by atoms with E-state index in [9.17, 15) is 4.39 Å². The van der Waals surface area contributed by atoms with Crippen molar-refractivity contribution < 1.29 is 4.39 Å². The molecule has 0 saturated carbocycles. The van der Waals surface area contributed by atoms with Crippen molar-refractivity contribution in [1.82, 2.24) is 4.90 Å². The van der Waals surface area contributed by atoms with Crippen molar-refractivity contribution in [3.8, 4) is 0 Å². The standard InChI is InChI=1S/C13H20FN3/c1-10-9-16(2)5-6-17(10)13-4-3-12(14)7-11(13)8-15/h3-4,7,10H,5-6,8-9,15H2,1-2H3. The highest BCUT2D eigenvalue weighted by molar-refractivity contribution is 5.55. The van der Waals surface area contributed by atoms with Gasteiger partial charge in [-0.1, -0.05) is 0 Å². The van der Waals surface area contributed by atoms with E-state index in [1.165, 1.54) is 6.07 Å². The molecule has 2 rings (SSSR count). The van der Waals surface area contributed by atoms with Gasteiger partial charge in [-0.2, -0.15) is 0 Å². The van der Waals surface area contributed by atoms with E-state index < -0.39 is 0 Å². The Morgan fingerprint density at radius 1 is 1.41 bits per heavy atom. The van der Waals surface area contributed by atoms with Crippen LogP contribution < -0.4 is 10.6 Å². The molecule has 0 spiro atoms. The van der Waals surface area contributed by atoms with Crippen molar-refractivity contribution in [2.24, 2.45) is 5.73 Å². The molecular formula is C13H20FN3. The summed E-state index contributed by atoms with van der Waals surface area (Å²) in [6, 6.07) is 5.34. The first-order valence-electron chi connectivity index (χ1n) is 6.05. The molecule has 94 valence electrons. The largest absolute Gasteiger partial charge is 0.366 e. The smallest absolute Gasteiger partial charge is 0.123 e. The van der Waals surface area contributed by atoms with E-state index >= 15 is 0 Å². The van der Waals surface area contributed by atoms with Crippen LogP contribution in [0.1, 0.15) is 12.5 Å². The fourth-order valence-electron chi connectivity index (χ4n) is 2.50. The second kappa shape index (κ2) is 5.02. The normalized spacial score (nSPS) is 21.9. The minimum absolute atomic E-state index is 0.212. The third kappa shape index (κ3) is 2.58. The SMILES string of the molecule is CC1CN(C)CCN1c1ccc(F)cc1CN. The van der Waals surface area contributed by atoms with Crippen LogP contribution in [0.2, 0.25) is 0 Å². The zero-order valence-electron chi connectivity index (χ0n) is 10.5. The van der Waals surface area contributed by atoms with Crippen molar-refractivity contribution in [2.45, 2.75) is 19.5 Å². The topological polar surface area (TPSA) is 32.5 Å². The Morgan fingerprint density at radius 2 is 2.18 bits per heavy atom. The zero-order valence-corrected chi connectivity index (χ0v) is 10.5. The maximum Gasteiger partial charge on any atom is 0.123 e. The highest BCUT2D eigenvalue weighted by atomic mass is 19.1. The molecular weight excluding hydrogens is 217 g/mol. The minimum Gasteiger partial charge on any atom is -0.366 e. The van der Waals surface area contributed by atoms with Crippen LogP contribution in [0.5, 0.6) is 0 Å². The fourth-order valence-corrected chi connectivity index (χ4v) is 2.50. The molecule has 1 unspecified atom stereocenters. The van der Waals surface area contributed by atoms with Crippen LogP contribution in [0.15, 0.2) is 18.2 Å². The Kier molecular flexibility index (Phi) is 3.64. The zero-order chi connectivity index (χ0) is 12.4. The third-order valence-electron chi connectivity index (χ3n) is 3.40. The molecule has 0 aliphatic carbocycles. The van der Waals surface area contributed by atoms with Crippen molar-refractivity contribution in [2.75, 3.05) is 31.6 Å². The molecule has 1 heterocycles. The quantitative estimate of drug-likeness (QED) is 0.844. The van der Waals surface area contributed by atoms with Gasteiger partial charge < -0.3 is 15.5 Å². The van der Waals surface area contributed by atoms with Crippen LogP contribution in [-0.2, 0) is 6.54 Å². The predicted molar refractivity (Wildman–Crippen MR) is 68.6 cm³/mol. The van der Waals surface area contributed by atoms with Crippen LogP contribution in [0.25, 0.3) is 0 Å². The molecule has 0 bridgehead atoms. The Morgan fingerprint density at radius 3 is 2.82 bits per heavy atom. The lowest BCUT2D eigenvalue weighted by molar-refractivity contribution is 0.275. The molecule has 1 aromatic carbocycles. The van der Waals surface area contributed by atoms with E-state index in [-0.39, 0.29) is 5.82 Å². The summed E-state index contributed by atoms with van der Waals surface area (Å²) in [5.41, 5.74) is 7.66. The Balaban J connectivity index is 2.27. The summed E-state index contributed by atoms with van der Waals surface area (Å²) in [6.07, 6.45) is 0. The van der Waals surface area contributed by atoms with Gasteiger partial charge in [0.2, 0.25) is 0 Å². The van der Waals surface area contributed by atoms with Crippen LogP contribution in [0.3, 0.4) is 0 Å². The molecule has 2 N–H and O–H groups in total. The van der Waals surface area contributed by atoms with Gasteiger partial charge in [-0.3, -0.25) is 0 Å². The van der Waals surface area contributed by atoms with Crippen molar-refractivity contribution >= 4 is 5.69 Å². The summed E-state index contributed by atoms with van der Waals surface area (Å²) in [5, 5.41) is 0. The van der Waals surface area contributed by atoms with Crippen molar-refractivity contribution in [1.29, 1.82) is 0 Å². The van der Waals surface area contributed by atoms with Crippen LogP contribution in [-0.4, -0.2) is 37.6 Å². The molecule has 0 radical (unpaired) electrons. The highest BCUT2D eigenvalue weighted by Gasteiger charge is 2.23. The fraction of sp³-hybridized carbons (Fsp3) is 0.538. The number of likely N-dealkylation sites (N-methyl/N-ethyl adjacent to an activating group) is 1. The first-order valence-corrected chi connectivity index (χ1v) is 6.05. The maximum atomic E-state index is 13.2. The molecule has 1 atom stereocenters. The molecule has 4 heteroatoms. The predicted octanol–water partition coefficient (Wildman–Crippen LogP) is 1.42. The van der Waals surface area contributed by atoms with E-state index in [1.807, 2.05) is 6.07 Å². The first kappa shape index (κ1) is 12.3. The van der Waals surface area contributed by atoms with Gasteiger partial charge in [0.15, 0.2) is 0 Å². The van der Waals surface area contributed by atoms with E-state index in [2.05, 4.69) is 23.8 Å². The Hall–Kier alpha value is -1.13. The van der Waals surface area contributed by atoms with Crippen molar-refractivity contribution in [3.63, 3.8) is 0 Å². The van der Waals surface area contributed by atoms with E-state index in [0.717, 1.165) is 30.9 Å². The molecule has 1 aliphatic heterocycles. The number of benzene rings is 1. The molecule has 1 aliphatic rings. The van der Waals surface area contributed by atoms with Gasteiger partial charge in [-0.25, -0.2) is 4.39 Å². The Bertz CT molecular complexity index is 394. The van der Waals surface area contributed by atoms with Gasteiger partial charge in [-0.05, 0) is 37.7 Å². The van der Waals surface area contributed by atoms with Crippen LogP contribution in [0.4, 0.5) is 10.1 Å². The molecule has 1 saturated heterocycles. The van der Waals surface area contributed by atoms with Gasteiger partial charge in [0, 0.05) is 37.9 Å². The number of anilines is 1. The molecule has 17 heavy (non-hydrogen) atoms. The minimum atomic E-state index is -0.212. The monoisotopic (exact) mass is 237 g/mol. The highest BCUT2D eigenvalue weighted by Crippen LogP contribution is 2.25. The second-order valence-corrected chi connectivity index (χ2v) is 4.78. The average molecular weight is 237 g/mol. The number of nitrogens with two attached hydrogens (primary N) is 1. The molecule has 0 aromatic heterocycles. The van der Waals surface area contributed by atoms with Crippen molar-refractivity contribution in [3.05, 3.63) is 29.6 Å². The first-order chi connectivity index (χ1) is 8.11. The molecule has 3 nitrogen and oxygen atoms in total. The molecule has 0 amide bonds. The second-order valence-electron chi connectivity index (χ2n) is 4.78. The molecule has 1 aromatic rings. The van der Waals surface area contributed by atoms with Crippen LogP contribution >= 0.6 is 0 Å². The number of hydrogen-bond acceptors (Lipinski definition) is 3. The van der Waals surface area contributed by atoms with E-state index in [4.69, 9.17) is 5.73 Å². The summed E-state index contributed by atoms with van der Waals surface area (Å²) >= 11 is 0. The number of hydrogen-bond donors (Lipinski definition) is 1. The van der Waals surface area contributed by atoms with Crippen LogP contribution in [0, 0.1) is 5.82 Å². The van der Waals surface area contributed by atoms with Gasteiger partial charge in [-0.15, -0.1) is 0 Å².